The van der Waals surface area contributed by atoms with E-state index in [2.05, 4.69) is 31.0 Å². The Morgan fingerprint density at radius 3 is 2.39 bits per heavy atom. The van der Waals surface area contributed by atoms with Crippen LogP contribution >= 0.6 is 0 Å². The molecule has 4 nitrogen and oxygen atoms in total. The van der Waals surface area contributed by atoms with Crippen LogP contribution in [-0.4, -0.2) is 54.1 Å². The van der Waals surface area contributed by atoms with E-state index in [0.29, 0.717) is 12.1 Å². The van der Waals surface area contributed by atoms with Crippen molar-refractivity contribution in [3.05, 3.63) is 0 Å². The molecular weight excluding hydrogens is 226 g/mol. The van der Waals surface area contributed by atoms with Gasteiger partial charge in [0.2, 0.25) is 0 Å². The molecule has 104 valence electrons. The quantitative estimate of drug-likeness (QED) is 0.816. The van der Waals surface area contributed by atoms with Gasteiger partial charge in [-0.3, -0.25) is 4.90 Å². The van der Waals surface area contributed by atoms with Crippen LogP contribution in [0.3, 0.4) is 0 Å². The van der Waals surface area contributed by atoms with Gasteiger partial charge in [-0.25, -0.2) is 4.79 Å². The lowest BCUT2D eigenvalue weighted by Crippen LogP contribution is -2.48. The third-order valence-electron chi connectivity index (χ3n) is 4.35. The van der Waals surface area contributed by atoms with Gasteiger partial charge in [0.05, 0.1) is 0 Å². The van der Waals surface area contributed by atoms with E-state index in [4.69, 9.17) is 0 Å². The molecule has 18 heavy (non-hydrogen) atoms. The number of rotatable bonds is 2. The number of hydrogen-bond acceptors (Lipinski definition) is 2. The van der Waals surface area contributed by atoms with Gasteiger partial charge in [-0.1, -0.05) is 6.92 Å². The molecule has 0 saturated carbocycles. The highest BCUT2D eigenvalue weighted by Gasteiger charge is 2.27. The highest BCUT2D eigenvalue weighted by Crippen LogP contribution is 2.17. The van der Waals surface area contributed by atoms with Crippen LogP contribution < -0.4 is 5.32 Å². The molecule has 0 aliphatic carbocycles. The number of nitrogens with zero attached hydrogens (tertiary/aromatic N) is 2. The molecular formula is C14H27N3O. The number of carbonyl (C=O) groups is 1. The van der Waals surface area contributed by atoms with Gasteiger partial charge in [0, 0.05) is 38.3 Å². The van der Waals surface area contributed by atoms with Crippen LogP contribution in [0, 0.1) is 5.92 Å². The first-order valence-corrected chi connectivity index (χ1v) is 7.35. The molecule has 2 rings (SSSR count). The average molecular weight is 253 g/mol. The van der Waals surface area contributed by atoms with Gasteiger partial charge in [-0.05, 0) is 39.0 Å². The summed E-state index contributed by atoms with van der Waals surface area (Å²) in [6.45, 7) is 10.7. The van der Waals surface area contributed by atoms with E-state index in [9.17, 15) is 4.79 Å². The number of urea groups is 1. The predicted molar refractivity (Wildman–Crippen MR) is 73.6 cm³/mol. The molecule has 0 bridgehead atoms. The Labute approximate surface area is 111 Å². The minimum Gasteiger partial charge on any atom is -0.334 e. The zero-order valence-corrected chi connectivity index (χ0v) is 12.0. The molecule has 4 heteroatoms. The predicted octanol–water partition coefficient (Wildman–Crippen LogP) is 1.91. The highest BCUT2D eigenvalue weighted by molar-refractivity contribution is 5.74. The molecule has 2 saturated heterocycles. The summed E-state index contributed by atoms with van der Waals surface area (Å²) < 4.78 is 0. The largest absolute Gasteiger partial charge is 0.334 e. The van der Waals surface area contributed by atoms with Crippen molar-refractivity contribution in [3.63, 3.8) is 0 Å². The van der Waals surface area contributed by atoms with Crippen molar-refractivity contribution >= 4 is 6.03 Å². The Bertz CT molecular complexity index is 285. The zero-order chi connectivity index (χ0) is 13.1. The van der Waals surface area contributed by atoms with Gasteiger partial charge in [0.15, 0.2) is 0 Å². The first kappa shape index (κ1) is 13.7. The van der Waals surface area contributed by atoms with Crippen LogP contribution in [0.1, 0.15) is 40.0 Å². The summed E-state index contributed by atoms with van der Waals surface area (Å²) in [6, 6.07) is 1.08. The van der Waals surface area contributed by atoms with Crippen molar-refractivity contribution in [2.75, 3.05) is 26.2 Å². The third-order valence-corrected chi connectivity index (χ3v) is 4.35. The average Bonchev–Trinajstić information content (AvgIpc) is 2.78. The van der Waals surface area contributed by atoms with Crippen molar-refractivity contribution in [2.45, 2.75) is 52.1 Å². The summed E-state index contributed by atoms with van der Waals surface area (Å²) in [6.07, 6.45) is 3.39. The summed E-state index contributed by atoms with van der Waals surface area (Å²) >= 11 is 0. The minimum atomic E-state index is 0.150. The lowest BCUT2D eigenvalue weighted by atomic mass is 10.00. The lowest BCUT2D eigenvalue weighted by molar-refractivity contribution is 0.170. The topological polar surface area (TPSA) is 35.6 Å². The molecule has 0 radical (unpaired) electrons. The maximum absolute atomic E-state index is 12.1. The maximum atomic E-state index is 12.1. The third kappa shape index (κ3) is 3.37. The summed E-state index contributed by atoms with van der Waals surface area (Å²) in [7, 11) is 0. The number of likely N-dealkylation sites (tertiary alicyclic amines) is 2. The first-order chi connectivity index (χ1) is 8.56. The SMILES string of the molecule is CC1CCN(C(=O)NC2CCN(C(C)C)C2)CC1. The van der Waals surface area contributed by atoms with E-state index in [1.54, 1.807) is 0 Å². The van der Waals surface area contributed by atoms with E-state index >= 15 is 0 Å². The van der Waals surface area contributed by atoms with E-state index in [1.165, 1.54) is 0 Å². The van der Waals surface area contributed by atoms with Crippen LogP contribution in [-0.2, 0) is 0 Å². The van der Waals surface area contributed by atoms with Crippen molar-refractivity contribution in [2.24, 2.45) is 5.92 Å². The fourth-order valence-corrected chi connectivity index (χ4v) is 2.85. The van der Waals surface area contributed by atoms with Gasteiger partial charge < -0.3 is 10.2 Å². The standard InChI is InChI=1S/C14H27N3O/c1-11(2)17-9-6-13(10-17)15-14(18)16-7-4-12(3)5-8-16/h11-13H,4-10H2,1-3H3,(H,15,18). The molecule has 2 aliphatic heterocycles. The highest BCUT2D eigenvalue weighted by atomic mass is 16.2. The van der Waals surface area contributed by atoms with Crippen molar-refractivity contribution in [3.8, 4) is 0 Å². The van der Waals surface area contributed by atoms with Gasteiger partial charge in [-0.15, -0.1) is 0 Å². The Kier molecular flexibility index (Phi) is 4.49. The molecule has 2 amide bonds. The normalized spacial score (nSPS) is 26.9. The second kappa shape index (κ2) is 5.91. The van der Waals surface area contributed by atoms with Crippen LogP contribution in [0.25, 0.3) is 0 Å². The smallest absolute Gasteiger partial charge is 0.317 e. The summed E-state index contributed by atoms with van der Waals surface area (Å²) in [5, 5.41) is 3.19. The molecule has 0 spiro atoms. The van der Waals surface area contributed by atoms with Crippen LogP contribution in [0.15, 0.2) is 0 Å². The lowest BCUT2D eigenvalue weighted by Gasteiger charge is -2.31. The molecule has 2 aliphatic rings. The molecule has 2 heterocycles. The van der Waals surface area contributed by atoms with Crippen molar-refractivity contribution in [1.82, 2.24) is 15.1 Å². The number of carbonyl (C=O) groups excluding carboxylic acids is 1. The zero-order valence-electron chi connectivity index (χ0n) is 12.0. The minimum absolute atomic E-state index is 0.150. The number of nitrogens with one attached hydrogen (secondary N) is 1. The molecule has 0 aromatic rings. The van der Waals surface area contributed by atoms with E-state index in [0.717, 1.165) is 51.4 Å². The molecule has 2 fully saturated rings. The van der Waals surface area contributed by atoms with Gasteiger partial charge >= 0.3 is 6.03 Å². The summed E-state index contributed by atoms with van der Waals surface area (Å²) in [4.78, 5) is 16.6. The van der Waals surface area contributed by atoms with Crippen LogP contribution in [0.4, 0.5) is 4.79 Å². The Hall–Kier alpha value is -0.770. The van der Waals surface area contributed by atoms with Crippen molar-refractivity contribution in [1.29, 1.82) is 0 Å². The monoisotopic (exact) mass is 253 g/mol. The van der Waals surface area contributed by atoms with Crippen LogP contribution in [0.5, 0.6) is 0 Å². The molecule has 0 aromatic heterocycles. The summed E-state index contributed by atoms with van der Waals surface area (Å²) in [5.41, 5.74) is 0. The van der Waals surface area contributed by atoms with E-state index in [1.807, 2.05) is 4.90 Å². The second-order valence-electron chi connectivity index (χ2n) is 6.19. The number of hydrogen-bond donors (Lipinski definition) is 1. The molecule has 1 N–H and O–H groups in total. The Balaban J connectivity index is 1.75. The maximum Gasteiger partial charge on any atom is 0.317 e. The van der Waals surface area contributed by atoms with E-state index < -0.39 is 0 Å². The fourth-order valence-electron chi connectivity index (χ4n) is 2.85. The molecule has 1 unspecified atom stereocenters. The molecule has 1 atom stereocenters. The first-order valence-electron chi connectivity index (χ1n) is 7.35. The number of amides is 2. The van der Waals surface area contributed by atoms with Gasteiger partial charge in [0.1, 0.15) is 0 Å². The summed E-state index contributed by atoms with van der Waals surface area (Å²) in [5.74, 6) is 0.775. The number of piperidine rings is 1. The van der Waals surface area contributed by atoms with Gasteiger partial charge in [-0.2, -0.15) is 0 Å². The van der Waals surface area contributed by atoms with E-state index in [-0.39, 0.29) is 6.03 Å². The second-order valence-corrected chi connectivity index (χ2v) is 6.19. The Morgan fingerprint density at radius 2 is 1.83 bits per heavy atom. The molecule has 0 aromatic carbocycles. The van der Waals surface area contributed by atoms with Crippen molar-refractivity contribution < 1.29 is 4.79 Å². The van der Waals surface area contributed by atoms with Crippen LogP contribution in [0.2, 0.25) is 0 Å². The Morgan fingerprint density at radius 1 is 1.17 bits per heavy atom. The van der Waals surface area contributed by atoms with Gasteiger partial charge in [0.25, 0.3) is 0 Å². The fraction of sp³-hybridized carbons (Fsp3) is 0.929.